The summed E-state index contributed by atoms with van der Waals surface area (Å²) in [4.78, 5) is 0. The molecule has 1 heterocycles. The van der Waals surface area contributed by atoms with Crippen molar-refractivity contribution in [1.82, 2.24) is 16.0 Å². The second-order valence-electron chi connectivity index (χ2n) is 2.22. The van der Waals surface area contributed by atoms with Gasteiger partial charge in [-0.3, -0.25) is 10.9 Å². The second kappa shape index (κ2) is 4.65. The van der Waals surface area contributed by atoms with Crippen molar-refractivity contribution < 1.29 is 5.48 Å². The zero-order valence-electron chi connectivity index (χ0n) is 6.93. The molecule has 0 spiro atoms. The lowest BCUT2D eigenvalue weighted by atomic mass is 10.3. The monoisotopic (exact) mass is 206 g/mol. The number of halogens is 1. The summed E-state index contributed by atoms with van der Waals surface area (Å²) in [6.45, 7) is 1.81. The molecule has 0 aromatic rings. The molecule has 0 bridgehead atoms. The van der Waals surface area contributed by atoms with E-state index >= 15 is 0 Å². The Morgan fingerprint density at radius 3 is 2.69 bits per heavy atom. The van der Waals surface area contributed by atoms with E-state index in [4.69, 9.17) is 23.0 Å². The van der Waals surface area contributed by atoms with Gasteiger partial charge in [0, 0.05) is 0 Å². The largest absolute Gasteiger partial charge is 0.412 e. The maximum atomic E-state index is 6.63. The van der Waals surface area contributed by atoms with Crippen LogP contribution >= 0.6 is 11.6 Å². The van der Waals surface area contributed by atoms with E-state index in [1.165, 1.54) is 0 Å². The van der Waals surface area contributed by atoms with Crippen molar-refractivity contribution in [3.05, 3.63) is 22.6 Å². The third kappa shape index (κ3) is 2.58. The Bertz CT molecular complexity index is 262. The topological polar surface area (TPSA) is 121 Å². The lowest BCUT2D eigenvalue weighted by Gasteiger charge is -2.21. The molecule has 0 fully saturated rings. The van der Waals surface area contributed by atoms with Gasteiger partial charge in [-0.25, -0.2) is 5.84 Å². The van der Waals surface area contributed by atoms with Crippen molar-refractivity contribution in [2.75, 3.05) is 0 Å². The maximum absolute atomic E-state index is 6.63. The van der Waals surface area contributed by atoms with E-state index in [-0.39, 0.29) is 5.48 Å². The van der Waals surface area contributed by atoms with Gasteiger partial charge in [0.1, 0.15) is 5.16 Å². The van der Waals surface area contributed by atoms with Crippen LogP contribution in [-0.4, -0.2) is 10.6 Å². The lowest BCUT2D eigenvalue weighted by Crippen LogP contribution is -2.41. The Morgan fingerprint density at radius 1 is 1.62 bits per heavy atom. The average molecular weight is 207 g/mol. The molecule has 74 valence electrons. The Balaban J connectivity index is 0.00000144. The molecule has 7 N–H and O–H groups in total. The van der Waals surface area contributed by atoms with Gasteiger partial charge in [-0.05, 0) is 18.6 Å². The van der Waals surface area contributed by atoms with E-state index in [9.17, 15) is 0 Å². The van der Waals surface area contributed by atoms with Gasteiger partial charge in [-0.1, -0.05) is 16.8 Å². The fraction of sp³-hybridized carbons (Fsp3) is 0.200. The highest BCUT2D eigenvalue weighted by Gasteiger charge is 2.10. The summed E-state index contributed by atoms with van der Waals surface area (Å²) in [6.07, 6.45) is 1.68. The van der Waals surface area contributed by atoms with Crippen molar-refractivity contribution in [2.24, 2.45) is 11.1 Å². The van der Waals surface area contributed by atoms with Gasteiger partial charge in [-0.15, -0.1) is 0 Å². The number of nitrogens with one attached hydrogen (secondary N) is 3. The zero-order chi connectivity index (χ0) is 9.14. The molecule has 0 saturated heterocycles. The van der Waals surface area contributed by atoms with Crippen molar-refractivity contribution in [3.8, 4) is 0 Å². The van der Waals surface area contributed by atoms with Crippen LogP contribution < -0.4 is 16.7 Å². The minimum absolute atomic E-state index is 0. The summed E-state index contributed by atoms with van der Waals surface area (Å²) in [5, 5.41) is 4.38. The molecule has 0 amide bonds. The van der Waals surface area contributed by atoms with E-state index < -0.39 is 0 Å². The summed E-state index contributed by atoms with van der Waals surface area (Å²) in [7, 11) is 0. The zero-order valence-corrected chi connectivity index (χ0v) is 7.68. The number of rotatable bonds is 2. The van der Waals surface area contributed by atoms with Crippen LogP contribution in [-0.2, 0) is 0 Å². The van der Waals surface area contributed by atoms with Crippen LogP contribution in [0.1, 0.15) is 6.92 Å². The first-order chi connectivity index (χ1) is 5.65. The molecular weight excluding hydrogens is 196 g/mol. The van der Waals surface area contributed by atoms with Crippen LogP contribution in [0.25, 0.3) is 0 Å². The van der Waals surface area contributed by atoms with E-state index in [1.54, 1.807) is 6.08 Å². The minimum atomic E-state index is 0. The highest BCUT2D eigenvalue weighted by atomic mass is 35.5. The fourth-order valence-corrected chi connectivity index (χ4v) is 0.801. The predicted molar refractivity (Wildman–Crippen MR) is 47.7 cm³/mol. The van der Waals surface area contributed by atoms with E-state index in [0.29, 0.717) is 11.0 Å². The number of hydrazine groups is 2. The predicted octanol–water partition coefficient (Wildman–Crippen LogP) is -0.297. The van der Waals surface area contributed by atoms with Crippen LogP contribution in [0.3, 0.4) is 0 Å². The normalized spacial score (nSPS) is 14.8. The molecule has 0 radical (unpaired) electrons. The van der Waals surface area contributed by atoms with Crippen molar-refractivity contribution >= 4 is 11.6 Å². The second-order valence-corrected chi connectivity index (χ2v) is 2.60. The quantitative estimate of drug-likeness (QED) is 0.215. The molecule has 13 heavy (non-hydrogen) atoms. The molecule has 0 unspecified atom stereocenters. The van der Waals surface area contributed by atoms with E-state index in [1.807, 2.05) is 6.92 Å². The Kier molecular flexibility index (Phi) is 4.18. The van der Waals surface area contributed by atoms with Gasteiger partial charge in [0.25, 0.3) is 0 Å². The molecule has 0 saturated carbocycles. The number of hydrogen-bond acceptors (Lipinski definition) is 5. The van der Waals surface area contributed by atoms with Gasteiger partial charge in [0.05, 0.1) is 0 Å². The molecule has 0 aromatic carbocycles. The van der Waals surface area contributed by atoms with Crippen LogP contribution in [0.4, 0.5) is 0 Å². The van der Waals surface area contributed by atoms with Gasteiger partial charge < -0.3 is 5.48 Å². The summed E-state index contributed by atoms with van der Waals surface area (Å²) >= 11 is 5.70. The number of allylic oxidation sites excluding steroid dienone is 2. The lowest BCUT2D eigenvalue weighted by molar-refractivity contribution is 0.307. The summed E-state index contributed by atoms with van der Waals surface area (Å²) < 4.78 is 0. The first-order valence-electron chi connectivity index (χ1n) is 3.17. The Labute approximate surface area is 79.9 Å². The maximum Gasteiger partial charge on any atom is 0.160 e. The van der Waals surface area contributed by atoms with E-state index in [0.717, 1.165) is 10.7 Å². The molecular formula is C5H11ClN6O. The highest BCUT2D eigenvalue weighted by Crippen LogP contribution is 2.12. The Hall–Kier alpha value is -1.31. The number of hydrogen-bond donors (Lipinski definition) is 4. The third-order valence-corrected chi connectivity index (χ3v) is 1.75. The number of nitrogens with two attached hydrogens (primary N) is 1. The standard InChI is InChI=1S/C5H9ClN6.H2O/c1-3-2-4(12(8)11-7)9-10-5(3)6;/h2,7,9-10H,8H2,1H3;1H2. The fourth-order valence-electron chi connectivity index (χ4n) is 0.699. The number of nitrogens with zero attached hydrogens (tertiary/aromatic N) is 2. The summed E-state index contributed by atoms with van der Waals surface area (Å²) in [5.41, 5.74) is 12.8. The summed E-state index contributed by atoms with van der Waals surface area (Å²) in [6, 6.07) is 0. The first kappa shape index (κ1) is 11.7. The average Bonchev–Trinajstić information content (AvgIpc) is 2.08. The van der Waals surface area contributed by atoms with E-state index in [2.05, 4.69) is 16.1 Å². The smallest absolute Gasteiger partial charge is 0.160 e. The minimum Gasteiger partial charge on any atom is -0.412 e. The molecule has 1 rings (SSSR count). The van der Waals surface area contributed by atoms with Gasteiger partial charge in [0.15, 0.2) is 5.82 Å². The molecule has 7 nitrogen and oxygen atoms in total. The molecule has 1 aliphatic rings. The molecule has 1 aliphatic heterocycles. The first-order valence-corrected chi connectivity index (χ1v) is 3.55. The molecule has 0 atom stereocenters. The highest BCUT2D eigenvalue weighted by molar-refractivity contribution is 6.29. The molecule has 8 heteroatoms. The van der Waals surface area contributed by atoms with Crippen molar-refractivity contribution in [1.29, 1.82) is 5.53 Å². The molecule has 0 aliphatic carbocycles. The van der Waals surface area contributed by atoms with Crippen molar-refractivity contribution in [2.45, 2.75) is 6.92 Å². The van der Waals surface area contributed by atoms with Crippen LogP contribution in [0, 0.1) is 5.53 Å². The van der Waals surface area contributed by atoms with Crippen molar-refractivity contribution in [3.63, 3.8) is 0 Å². The van der Waals surface area contributed by atoms with Crippen LogP contribution in [0.2, 0.25) is 0 Å². The van der Waals surface area contributed by atoms with Gasteiger partial charge in [-0.2, -0.15) is 10.6 Å². The SMILES string of the molecule is CC1=C(Cl)NNC(N(N)N=N)=C1.O. The van der Waals surface area contributed by atoms with Crippen LogP contribution in [0.15, 0.2) is 27.8 Å². The van der Waals surface area contributed by atoms with Crippen LogP contribution in [0.5, 0.6) is 0 Å². The Morgan fingerprint density at radius 2 is 2.23 bits per heavy atom. The van der Waals surface area contributed by atoms with Gasteiger partial charge in [0.2, 0.25) is 0 Å². The molecule has 0 aromatic heterocycles. The third-order valence-electron chi connectivity index (χ3n) is 1.35. The van der Waals surface area contributed by atoms with Gasteiger partial charge >= 0.3 is 0 Å². The summed E-state index contributed by atoms with van der Waals surface area (Å²) in [5.74, 6) is 5.76.